The summed E-state index contributed by atoms with van der Waals surface area (Å²) < 4.78 is 28.5. The summed E-state index contributed by atoms with van der Waals surface area (Å²) in [7, 11) is -3.57. The summed E-state index contributed by atoms with van der Waals surface area (Å²) in [6.07, 6.45) is 2.90. The second-order valence-corrected chi connectivity index (χ2v) is 5.68. The van der Waals surface area contributed by atoms with Crippen LogP contribution in [0.5, 0.6) is 0 Å². The van der Waals surface area contributed by atoms with Gasteiger partial charge in [0.2, 0.25) is 10.0 Å². The molecule has 0 aliphatic carbocycles. The number of hydrogen-bond acceptors (Lipinski definition) is 5. The fraction of sp³-hybridized carbons (Fsp3) is 0.400. The normalized spacial score (nSPS) is 11.9. The van der Waals surface area contributed by atoms with Crippen molar-refractivity contribution < 1.29 is 8.42 Å². The van der Waals surface area contributed by atoms with E-state index in [1.54, 1.807) is 12.3 Å². The molecule has 0 spiro atoms. The third-order valence-corrected chi connectivity index (χ3v) is 4.08. The number of rotatable bonds is 6. The van der Waals surface area contributed by atoms with Gasteiger partial charge in [0, 0.05) is 25.0 Å². The number of H-pyrrole nitrogens is 1. The van der Waals surface area contributed by atoms with Gasteiger partial charge in [0.1, 0.15) is 12.2 Å². The van der Waals surface area contributed by atoms with E-state index in [-0.39, 0.29) is 11.4 Å². The molecular weight excluding hydrogens is 268 g/mol. The average Bonchev–Trinajstić information content (AvgIpc) is 3.05. The zero-order valence-corrected chi connectivity index (χ0v) is 11.3. The molecule has 0 bridgehead atoms. The molecule has 0 aromatic carbocycles. The summed E-state index contributed by atoms with van der Waals surface area (Å²) in [5, 5.41) is 6.24. The number of nitrogens with one attached hydrogen (secondary N) is 2. The minimum absolute atomic E-state index is 0.0671. The van der Waals surface area contributed by atoms with Crippen LogP contribution in [0, 0.1) is 0 Å². The van der Waals surface area contributed by atoms with Gasteiger partial charge >= 0.3 is 0 Å². The fourth-order valence-electron chi connectivity index (χ4n) is 1.70. The highest BCUT2D eigenvalue weighted by molar-refractivity contribution is 7.89. The monoisotopic (exact) mass is 284 g/mol. The van der Waals surface area contributed by atoms with Crippen LogP contribution in [0.15, 0.2) is 23.5 Å². The van der Waals surface area contributed by atoms with E-state index < -0.39 is 10.0 Å². The van der Waals surface area contributed by atoms with Crippen molar-refractivity contribution in [1.29, 1.82) is 0 Å². The summed E-state index contributed by atoms with van der Waals surface area (Å²) in [5.41, 5.74) is 6.35. The van der Waals surface area contributed by atoms with Crippen LogP contribution < -0.4 is 10.5 Å². The van der Waals surface area contributed by atoms with Gasteiger partial charge in [0.15, 0.2) is 0 Å². The summed E-state index contributed by atoms with van der Waals surface area (Å²) in [6.45, 7) is 2.96. The Morgan fingerprint density at radius 1 is 1.53 bits per heavy atom. The minimum atomic E-state index is -3.57. The first-order valence-corrected chi connectivity index (χ1v) is 7.28. The standard InChI is InChI=1S/C10H16N6O2S/c1-2-16-6-9(3-8(16)4-11)19(17,18)14-5-10-12-7-13-15-10/h3,6-7,14H,2,4-5,11H2,1H3,(H,12,13,15). The number of nitrogens with two attached hydrogens (primary N) is 1. The van der Waals surface area contributed by atoms with Crippen LogP contribution in [0.25, 0.3) is 0 Å². The van der Waals surface area contributed by atoms with Crippen molar-refractivity contribution in [2.75, 3.05) is 0 Å². The fourth-order valence-corrected chi connectivity index (χ4v) is 2.75. The van der Waals surface area contributed by atoms with Crippen LogP contribution in [0.3, 0.4) is 0 Å². The van der Waals surface area contributed by atoms with Gasteiger partial charge in [-0.1, -0.05) is 0 Å². The van der Waals surface area contributed by atoms with Crippen LogP contribution >= 0.6 is 0 Å². The van der Waals surface area contributed by atoms with Gasteiger partial charge < -0.3 is 10.3 Å². The zero-order chi connectivity index (χ0) is 13.9. The van der Waals surface area contributed by atoms with Gasteiger partial charge in [0.25, 0.3) is 0 Å². The maximum Gasteiger partial charge on any atom is 0.242 e. The van der Waals surface area contributed by atoms with Crippen molar-refractivity contribution in [2.24, 2.45) is 5.73 Å². The summed E-state index contributed by atoms with van der Waals surface area (Å²) in [6, 6.07) is 1.58. The van der Waals surface area contributed by atoms with E-state index in [0.717, 1.165) is 5.69 Å². The molecule has 0 amide bonds. The quantitative estimate of drug-likeness (QED) is 0.664. The van der Waals surface area contributed by atoms with E-state index in [1.807, 2.05) is 11.5 Å². The Bertz CT molecular complexity index is 610. The van der Waals surface area contributed by atoms with Crippen LogP contribution in [0.2, 0.25) is 0 Å². The maximum atomic E-state index is 12.1. The molecule has 0 radical (unpaired) electrons. The van der Waals surface area contributed by atoms with Crippen LogP contribution in [0.4, 0.5) is 0 Å². The number of nitrogens with zero attached hydrogens (tertiary/aromatic N) is 3. The van der Waals surface area contributed by atoms with E-state index >= 15 is 0 Å². The third kappa shape index (κ3) is 3.00. The molecule has 0 fully saturated rings. The van der Waals surface area contributed by atoms with E-state index in [0.29, 0.717) is 18.9 Å². The Morgan fingerprint density at radius 2 is 2.32 bits per heavy atom. The van der Waals surface area contributed by atoms with Gasteiger partial charge in [-0.25, -0.2) is 18.1 Å². The largest absolute Gasteiger partial charge is 0.349 e. The minimum Gasteiger partial charge on any atom is -0.349 e. The lowest BCUT2D eigenvalue weighted by Gasteiger charge is -2.02. The highest BCUT2D eigenvalue weighted by atomic mass is 32.2. The molecule has 2 heterocycles. The van der Waals surface area contributed by atoms with Crippen molar-refractivity contribution >= 4 is 10.0 Å². The molecule has 0 unspecified atom stereocenters. The molecule has 0 aliphatic heterocycles. The molecular formula is C10H16N6O2S. The second-order valence-electron chi connectivity index (χ2n) is 3.91. The second kappa shape index (κ2) is 5.51. The lowest BCUT2D eigenvalue weighted by atomic mass is 10.4. The van der Waals surface area contributed by atoms with Crippen molar-refractivity contribution in [2.45, 2.75) is 31.5 Å². The molecule has 2 rings (SSSR count). The zero-order valence-electron chi connectivity index (χ0n) is 10.5. The van der Waals surface area contributed by atoms with Gasteiger partial charge in [-0.3, -0.25) is 5.10 Å². The smallest absolute Gasteiger partial charge is 0.242 e. The van der Waals surface area contributed by atoms with Crippen molar-refractivity contribution in [1.82, 2.24) is 24.5 Å². The molecule has 0 atom stereocenters. The highest BCUT2D eigenvalue weighted by Crippen LogP contribution is 2.14. The number of aryl methyl sites for hydroxylation is 1. The number of hydrogen-bond donors (Lipinski definition) is 3. The first-order chi connectivity index (χ1) is 9.06. The Balaban J connectivity index is 2.17. The van der Waals surface area contributed by atoms with Gasteiger partial charge in [-0.2, -0.15) is 5.10 Å². The van der Waals surface area contributed by atoms with Crippen molar-refractivity contribution in [3.8, 4) is 0 Å². The van der Waals surface area contributed by atoms with E-state index in [2.05, 4.69) is 19.9 Å². The Morgan fingerprint density at radius 3 is 2.84 bits per heavy atom. The highest BCUT2D eigenvalue weighted by Gasteiger charge is 2.17. The molecule has 104 valence electrons. The van der Waals surface area contributed by atoms with Gasteiger partial charge in [-0.15, -0.1) is 0 Å². The van der Waals surface area contributed by atoms with Gasteiger partial charge in [0.05, 0.1) is 11.4 Å². The topological polar surface area (TPSA) is 119 Å². The molecule has 0 saturated carbocycles. The Labute approximate surface area is 111 Å². The van der Waals surface area contributed by atoms with Crippen molar-refractivity contribution in [3.05, 3.63) is 30.1 Å². The Hall–Kier alpha value is -1.71. The molecule has 2 aromatic heterocycles. The van der Waals surface area contributed by atoms with Crippen LogP contribution in [-0.4, -0.2) is 28.2 Å². The number of aromatic nitrogens is 4. The SMILES string of the molecule is CCn1cc(S(=O)(=O)NCc2ncn[nH]2)cc1CN. The van der Waals surface area contributed by atoms with Gasteiger partial charge in [-0.05, 0) is 13.0 Å². The van der Waals surface area contributed by atoms with E-state index in [9.17, 15) is 8.42 Å². The Kier molecular flexibility index (Phi) is 3.98. The third-order valence-electron chi connectivity index (χ3n) is 2.72. The van der Waals surface area contributed by atoms with Crippen LogP contribution in [-0.2, 0) is 29.7 Å². The summed E-state index contributed by atoms with van der Waals surface area (Å²) >= 11 is 0. The molecule has 0 saturated heterocycles. The molecule has 9 heteroatoms. The molecule has 0 aliphatic rings. The van der Waals surface area contributed by atoms with E-state index in [1.165, 1.54) is 6.33 Å². The number of aromatic amines is 1. The molecule has 19 heavy (non-hydrogen) atoms. The molecule has 2 aromatic rings. The molecule has 4 N–H and O–H groups in total. The maximum absolute atomic E-state index is 12.1. The summed E-state index contributed by atoms with van der Waals surface area (Å²) in [5.74, 6) is 0.456. The first kappa shape index (κ1) is 13.7. The van der Waals surface area contributed by atoms with Crippen molar-refractivity contribution in [3.63, 3.8) is 0 Å². The van der Waals surface area contributed by atoms with E-state index in [4.69, 9.17) is 5.73 Å². The predicted octanol–water partition coefficient (Wildman–Crippen LogP) is -0.437. The first-order valence-electron chi connectivity index (χ1n) is 5.80. The lowest BCUT2D eigenvalue weighted by Crippen LogP contribution is -2.23. The molecule has 8 nitrogen and oxygen atoms in total. The average molecular weight is 284 g/mol. The lowest BCUT2D eigenvalue weighted by molar-refractivity contribution is 0.579. The number of sulfonamides is 1. The summed E-state index contributed by atoms with van der Waals surface area (Å²) in [4.78, 5) is 4.05. The van der Waals surface area contributed by atoms with Crippen LogP contribution in [0.1, 0.15) is 18.4 Å². The predicted molar refractivity (Wildman–Crippen MR) is 68.4 cm³/mol.